The minimum Gasteiger partial charge on any atom is -0.360 e. The van der Waals surface area contributed by atoms with Gasteiger partial charge >= 0.3 is 0 Å². The van der Waals surface area contributed by atoms with Gasteiger partial charge in [0.1, 0.15) is 5.76 Å². The van der Waals surface area contributed by atoms with Gasteiger partial charge in [0.2, 0.25) is 11.8 Å². The minimum atomic E-state index is -0.291. The largest absolute Gasteiger partial charge is 0.360 e. The molecule has 0 spiro atoms. The molecule has 2 saturated carbocycles. The van der Waals surface area contributed by atoms with Crippen molar-refractivity contribution in [2.24, 2.45) is 23.5 Å². The highest BCUT2D eigenvalue weighted by Gasteiger charge is 2.49. The van der Waals surface area contributed by atoms with Crippen LogP contribution in [0.4, 0.5) is 5.82 Å². The number of halogens is 1. The number of aromatic nitrogens is 1. The Morgan fingerprint density at radius 1 is 1.43 bits per heavy atom. The summed E-state index contributed by atoms with van der Waals surface area (Å²) in [4.78, 5) is 26.0. The van der Waals surface area contributed by atoms with Crippen molar-refractivity contribution in [1.29, 1.82) is 0 Å². The number of carbonyl (C=O) groups is 2. The maximum Gasteiger partial charge on any atom is 0.245 e. The molecule has 0 aliphatic heterocycles. The van der Waals surface area contributed by atoms with E-state index in [0.717, 1.165) is 19.3 Å². The molecule has 8 heteroatoms. The standard InChI is InChI=1S/C15H22N4O3.ClH/c1-8-5-11(18-22-8)17-12(20)7-19(2)15(21)13-9-3-4-10(6-9)14(13)16;/h5,9-10,13-14H,3-4,6-7,16H2,1-2H3,(H,17,18,20);1H. The van der Waals surface area contributed by atoms with Gasteiger partial charge in [-0.1, -0.05) is 5.16 Å². The number of amides is 2. The van der Waals surface area contributed by atoms with E-state index in [1.165, 1.54) is 4.90 Å². The second kappa shape index (κ2) is 6.88. The fourth-order valence-corrected chi connectivity index (χ4v) is 3.86. The van der Waals surface area contributed by atoms with Gasteiger partial charge in [0.15, 0.2) is 5.82 Å². The van der Waals surface area contributed by atoms with Crippen molar-refractivity contribution < 1.29 is 14.1 Å². The van der Waals surface area contributed by atoms with Crippen LogP contribution in [-0.4, -0.2) is 41.5 Å². The highest BCUT2D eigenvalue weighted by atomic mass is 35.5. The average molecular weight is 343 g/mol. The number of carbonyl (C=O) groups excluding carboxylic acids is 2. The zero-order valence-corrected chi connectivity index (χ0v) is 14.1. The van der Waals surface area contributed by atoms with E-state index in [1.807, 2.05) is 0 Å². The SMILES string of the molecule is Cc1cc(NC(=O)CN(C)C(=O)C2C3CCC(C3)C2N)no1.Cl. The summed E-state index contributed by atoms with van der Waals surface area (Å²) in [5.74, 6) is 1.39. The molecule has 3 rings (SSSR count). The van der Waals surface area contributed by atoms with Crippen LogP contribution < -0.4 is 11.1 Å². The fraction of sp³-hybridized carbons (Fsp3) is 0.667. The van der Waals surface area contributed by atoms with Gasteiger partial charge in [0, 0.05) is 19.2 Å². The summed E-state index contributed by atoms with van der Waals surface area (Å²) in [6, 6.07) is 1.57. The van der Waals surface area contributed by atoms with Crippen molar-refractivity contribution in [2.75, 3.05) is 18.9 Å². The van der Waals surface area contributed by atoms with E-state index in [9.17, 15) is 9.59 Å². The summed E-state index contributed by atoms with van der Waals surface area (Å²) in [6.45, 7) is 1.74. The first kappa shape index (κ1) is 17.7. The fourth-order valence-electron chi connectivity index (χ4n) is 3.86. The summed E-state index contributed by atoms with van der Waals surface area (Å²) < 4.78 is 4.88. The third kappa shape index (κ3) is 3.50. The molecular weight excluding hydrogens is 320 g/mol. The van der Waals surface area contributed by atoms with Crippen molar-refractivity contribution in [1.82, 2.24) is 10.1 Å². The Balaban J connectivity index is 0.00000192. The van der Waals surface area contributed by atoms with Gasteiger partial charge in [0.05, 0.1) is 12.5 Å². The number of nitrogens with one attached hydrogen (secondary N) is 1. The zero-order chi connectivity index (χ0) is 15.9. The third-order valence-corrected chi connectivity index (χ3v) is 4.92. The normalized spacial score (nSPS) is 28.3. The number of nitrogens with two attached hydrogens (primary N) is 1. The third-order valence-electron chi connectivity index (χ3n) is 4.92. The number of fused-ring (bicyclic) bond motifs is 2. The molecular formula is C15H23ClN4O3. The molecule has 4 unspecified atom stereocenters. The van der Waals surface area contributed by atoms with Gasteiger partial charge in [-0.25, -0.2) is 0 Å². The molecule has 2 aliphatic rings. The molecule has 0 radical (unpaired) electrons. The molecule has 128 valence electrons. The molecule has 2 amide bonds. The highest BCUT2D eigenvalue weighted by molar-refractivity contribution is 5.94. The molecule has 1 aromatic heterocycles. The maximum absolute atomic E-state index is 12.6. The van der Waals surface area contributed by atoms with Gasteiger partial charge in [-0.2, -0.15) is 0 Å². The Morgan fingerprint density at radius 3 is 2.70 bits per heavy atom. The van der Waals surface area contributed by atoms with E-state index in [-0.39, 0.29) is 42.7 Å². The average Bonchev–Trinajstić information content (AvgIpc) is 3.14. The van der Waals surface area contributed by atoms with Gasteiger partial charge in [-0.3, -0.25) is 9.59 Å². The number of anilines is 1. The summed E-state index contributed by atoms with van der Waals surface area (Å²) in [7, 11) is 1.65. The molecule has 23 heavy (non-hydrogen) atoms. The van der Waals surface area contributed by atoms with Crippen LogP contribution >= 0.6 is 12.4 Å². The number of rotatable bonds is 4. The quantitative estimate of drug-likeness (QED) is 0.855. The number of aryl methyl sites for hydroxylation is 1. The first-order valence-corrected chi connectivity index (χ1v) is 7.69. The molecule has 7 nitrogen and oxygen atoms in total. The summed E-state index contributed by atoms with van der Waals surface area (Å²) in [5, 5.41) is 6.31. The van der Waals surface area contributed by atoms with Crippen molar-refractivity contribution in [3.8, 4) is 0 Å². The molecule has 2 fully saturated rings. The van der Waals surface area contributed by atoms with Gasteiger partial charge in [-0.15, -0.1) is 12.4 Å². The van der Waals surface area contributed by atoms with Gasteiger partial charge < -0.3 is 20.5 Å². The van der Waals surface area contributed by atoms with Crippen LogP contribution in [0.1, 0.15) is 25.0 Å². The predicted octanol–water partition coefficient (Wildman–Crippen LogP) is 1.18. The van der Waals surface area contributed by atoms with Crippen molar-refractivity contribution in [3.05, 3.63) is 11.8 Å². The van der Waals surface area contributed by atoms with Crippen LogP contribution in [0, 0.1) is 24.7 Å². The first-order valence-electron chi connectivity index (χ1n) is 7.69. The lowest BCUT2D eigenvalue weighted by Gasteiger charge is -2.30. The predicted molar refractivity (Wildman–Crippen MR) is 87.1 cm³/mol. The second-order valence-electron chi connectivity index (χ2n) is 6.50. The molecule has 1 heterocycles. The summed E-state index contributed by atoms with van der Waals surface area (Å²) in [6.07, 6.45) is 3.26. The lowest BCUT2D eigenvalue weighted by atomic mass is 9.84. The zero-order valence-electron chi connectivity index (χ0n) is 13.3. The topological polar surface area (TPSA) is 101 Å². The van der Waals surface area contributed by atoms with Crippen molar-refractivity contribution >= 4 is 30.0 Å². The minimum absolute atomic E-state index is 0. The second-order valence-corrected chi connectivity index (χ2v) is 6.50. The van der Waals surface area contributed by atoms with Crippen molar-refractivity contribution in [2.45, 2.75) is 32.2 Å². The summed E-state index contributed by atoms with van der Waals surface area (Å²) >= 11 is 0. The Kier molecular flexibility index (Phi) is 5.31. The molecule has 1 aromatic rings. The van der Waals surface area contributed by atoms with Crippen molar-refractivity contribution in [3.63, 3.8) is 0 Å². The monoisotopic (exact) mass is 342 g/mol. The first-order chi connectivity index (χ1) is 10.5. The lowest BCUT2D eigenvalue weighted by Crippen LogP contribution is -2.47. The Hall–Kier alpha value is -1.60. The number of nitrogens with zero attached hydrogens (tertiary/aromatic N) is 2. The molecule has 0 aromatic carbocycles. The molecule has 2 aliphatic carbocycles. The number of hydrogen-bond donors (Lipinski definition) is 2. The van der Waals surface area contributed by atoms with Gasteiger partial charge in [0.25, 0.3) is 0 Å². The van der Waals surface area contributed by atoms with Crippen LogP contribution in [-0.2, 0) is 9.59 Å². The van der Waals surface area contributed by atoms with E-state index in [4.69, 9.17) is 10.3 Å². The molecule has 2 bridgehead atoms. The van der Waals surface area contributed by atoms with E-state index < -0.39 is 0 Å². The van der Waals surface area contributed by atoms with Crippen LogP contribution in [0.25, 0.3) is 0 Å². The van der Waals surface area contributed by atoms with E-state index >= 15 is 0 Å². The van der Waals surface area contributed by atoms with E-state index in [2.05, 4.69) is 10.5 Å². The molecule has 4 atom stereocenters. The van der Waals surface area contributed by atoms with E-state index in [1.54, 1.807) is 20.0 Å². The Labute approximate surface area is 141 Å². The molecule has 3 N–H and O–H groups in total. The van der Waals surface area contributed by atoms with E-state index in [0.29, 0.717) is 23.4 Å². The van der Waals surface area contributed by atoms with Crippen LogP contribution in [0.3, 0.4) is 0 Å². The number of likely N-dealkylation sites (N-methyl/N-ethyl adjacent to an activating group) is 1. The Morgan fingerprint density at radius 2 is 2.13 bits per heavy atom. The van der Waals surface area contributed by atoms with Gasteiger partial charge in [-0.05, 0) is 38.0 Å². The maximum atomic E-state index is 12.6. The summed E-state index contributed by atoms with van der Waals surface area (Å²) in [5.41, 5.74) is 6.19. The highest BCUT2D eigenvalue weighted by Crippen LogP contribution is 2.48. The van der Waals surface area contributed by atoms with Crippen LogP contribution in [0.15, 0.2) is 10.6 Å². The molecule has 0 saturated heterocycles. The van der Waals surface area contributed by atoms with Crippen LogP contribution in [0.5, 0.6) is 0 Å². The lowest BCUT2D eigenvalue weighted by molar-refractivity contribution is -0.138. The number of hydrogen-bond acceptors (Lipinski definition) is 5. The van der Waals surface area contributed by atoms with Crippen LogP contribution in [0.2, 0.25) is 0 Å². The smallest absolute Gasteiger partial charge is 0.245 e. The Bertz CT molecular complexity index is 589.